The normalized spacial score (nSPS) is 24.5. The molecular weight excluding hydrogens is 335 g/mol. The summed E-state index contributed by atoms with van der Waals surface area (Å²) in [5.74, 6) is 0.465. The molecule has 2 N–H and O–H groups in total. The van der Waals surface area contributed by atoms with Crippen LogP contribution in [0.3, 0.4) is 0 Å². The lowest BCUT2D eigenvalue weighted by molar-refractivity contribution is -0.144. The highest BCUT2D eigenvalue weighted by Gasteiger charge is 2.34. The molecule has 0 unspecified atom stereocenters. The van der Waals surface area contributed by atoms with Gasteiger partial charge in [-0.2, -0.15) is 0 Å². The maximum Gasteiger partial charge on any atom is 0.251 e. The standard InChI is InChI=1S/C17H23FN2O3.ClH/c18-12-1-3-13(4-2-12)22-14-7-9-20(10-8-14)17(21)16-6-5-15(11-19)23-16;/h1-4,14-16H,5-11,19H2;1H/t15-,16+;/m1./s1. The maximum absolute atomic E-state index is 12.9. The molecule has 2 fully saturated rings. The van der Waals surface area contributed by atoms with Crippen LogP contribution in [0, 0.1) is 5.82 Å². The molecule has 5 nitrogen and oxygen atoms in total. The molecule has 2 aliphatic heterocycles. The second-order valence-corrected chi connectivity index (χ2v) is 6.16. The van der Waals surface area contributed by atoms with Crippen molar-refractivity contribution in [1.82, 2.24) is 4.90 Å². The summed E-state index contributed by atoms with van der Waals surface area (Å²) < 4.78 is 24.4. The Morgan fingerprint density at radius 2 is 1.88 bits per heavy atom. The molecule has 0 radical (unpaired) electrons. The molecule has 0 spiro atoms. The van der Waals surface area contributed by atoms with Crippen LogP contribution in [0.1, 0.15) is 25.7 Å². The van der Waals surface area contributed by atoms with Gasteiger partial charge in [-0.15, -0.1) is 12.4 Å². The number of likely N-dealkylation sites (tertiary alicyclic amines) is 1. The number of carbonyl (C=O) groups excluding carboxylic acids is 1. The summed E-state index contributed by atoms with van der Waals surface area (Å²) in [5.41, 5.74) is 5.59. The van der Waals surface area contributed by atoms with E-state index in [4.69, 9.17) is 15.2 Å². The lowest BCUT2D eigenvalue weighted by Crippen LogP contribution is -2.46. The van der Waals surface area contributed by atoms with Crippen LogP contribution >= 0.6 is 12.4 Å². The van der Waals surface area contributed by atoms with Crippen molar-refractivity contribution in [1.29, 1.82) is 0 Å². The van der Waals surface area contributed by atoms with E-state index in [0.717, 1.165) is 25.7 Å². The average molecular weight is 359 g/mol. The zero-order valence-corrected chi connectivity index (χ0v) is 14.3. The van der Waals surface area contributed by atoms with Crippen LogP contribution in [0.4, 0.5) is 4.39 Å². The number of nitrogens with two attached hydrogens (primary N) is 1. The molecule has 7 heteroatoms. The minimum atomic E-state index is -0.335. The number of piperidine rings is 1. The lowest BCUT2D eigenvalue weighted by Gasteiger charge is -2.33. The molecule has 2 aliphatic rings. The highest BCUT2D eigenvalue weighted by molar-refractivity contribution is 5.85. The Morgan fingerprint density at radius 1 is 1.21 bits per heavy atom. The minimum Gasteiger partial charge on any atom is -0.490 e. The van der Waals surface area contributed by atoms with Crippen molar-refractivity contribution >= 4 is 18.3 Å². The van der Waals surface area contributed by atoms with Crippen molar-refractivity contribution < 1.29 is 18.7 Å². The van der Waals surface area contributed by atoms with Gasteiger partial charge in [0.2, 0.25) is 0 Å². The molecule has 2 atom stereocenters. The molecule has 2 heterocycles. The molecule has 24 heavy (non-hydrogen) atoms. The van der Waals surface area contributed by atoms with Crippen molar-refractivity contribution in [3.8, 4) is 5.75 Å². The molecule has 1 amide bonds. The van der Waals surface area contributed by atoms with Crippen molar-refractivity contribution in [3.05, 3.63) is 30.1 Å². The van der Waals surface area contributed by atoms with Gasteiger partial charge >= 0.3 is 0 Å². The van der Waals surface area contributed by atoms with Gasteiger partial charge in [-0.3, -0.25) is 4.79 Å². The summed E-state index contributed by atoms with van der Waals surface area (Å²) >= 11 is 0. The predicted octanol–water partition coefficient (Wildman–Crippen LogP) is 2.12. The fraction of sp³-hybridized carbons (Fsp3) is 0.588. The lowest BCUT2D eigenvalue weighted by atomic mass is 10.1. The SMILES string of the molecule is Cl.NC[C@H]1CC[C@@H](C(=O)N2CCC(Oc3ccc(F)cc3)CC2)O1. The van der Waals surface area contributed by atoms with E-state index in [1.807, 2.05) is 4.90 Å². The Balaban J connectivity index is 0.00000208. The Morgan fingerprint density at radius 3 is 2.46 bits per heavy atom. The molecular formula is C17H24ClFN2O3. The van der Waals surface area contributed by atoms with E-state index >= 15 is 0 Å². The van der Waals surface area contributed by atoms with E-state index < -0.39 is 0 Å². The minimum absolute atomic E-state index is 0. The van der Waals surface area contributed by atoms with Gasteiger partial charge in [0, 0.05) is 32.5 Å². The Bertz CT molecular complexity index is 535. The highest BCUT2D eigenvalue weighted by Crippen LogP contribution is 2.24. The highest BCUT2D eigenvalue weighted by atomic mass is 35.5. The topological polar surface area (TPSA) is 64.8 Å². The van der Waals surface area contributed by atoms with Crippen molar-refractivity contribution in [2.75, 3.05) is 19.6 Å². The molecule has 1 aromatic rings. The number of ether oxygens (including phenoxy) is 2. The Labute approximate surface area is 147 Å². The van der Waals surface area contributed by atoms with Crippen LogP contribution in [-0.2, 0) is 9.53 Å². The molecule has 0 bridgehead atoms. The smallest absolute Gasteiger partial charge is 0.251 e. The van der Waals surface area contributed by atoms with Crippen LogP contribution in [-0.4, -0.2) is 48.8 Å². The molecule has 0 aliphatic carbocycles. The fourth-order valence-electron chi connectivity index (χ4n) is 3.16. The number of rotatable bonds is 4. The fourth-order valence-corrected chi connectivity index (χ4v) is 3.16. The van der Waals surface area contributed by atoms with E-state index in [1.54, 1.807) is 12.1 Å². The van der Waals surface area contributed by atoms with Crippen molar-refractivity contribution in [2.45, 2.75) is 44.0 Å². The van der Waals surface area contributed by atoms with E-state index in [9.17, 15) is 9.18 Å². The van der Waals surface area contributed by atoms with Crippen LogP contribution in [0.5, 0.6) is 5.75 Å². The Hall–Kier alpha value is -1.37. The van der Waals surface area contributed by atoms with Gasteiger partial charge in [0.05, 0.1) is 6.10 Å². The molecule has 2 saturated heterocycles. The maximum atomic E-state index is 12.9. The van der Waals surface area contributed by atoms with Crippen LogP contribution in [0.2, 0.25) is 0 Å². The first kappa shape index (κ1) is 19.0. The molecule has 134 valence electrons. The third-order valence-corrected chi connectivity index (χ3v) is 4.52. The van der Waals surface area contributed by atoms with E-state index in [-0.39, 0.29) is 42.4 Å². The zero-order chi connectivity index (χ0) is 16.2. The monoisotopic (exact) mass is 358 g/mol. The second kappa shape index (κ2) is 8.65. The summed E-state index contributed by atoms with van der Waals surface area (Å²) in [6.07, 6.45) is 2.91. The predicted molar refractivity (Wildman–Crippen MR) is 90.8 cm³/mol. The van der Waals surface area contributed by atoms with E-state index in [1.165, 1.54) is 12.1 Å². The molecule has 0 aromatic heterocycles. The summed E-state index contributed by atoms with van der Waals surface area (Å²) in [4.78, 5) is 14.3. The summed E-state index contributed by atoms with van der Waals surface area (Å²) in [6.45, 7) is 1.80. The molecule has 3 rings (SSSR count). The van der Waals surface area contributed by atoms with Gasteiger partial charge in [-0.25, -0.2) is 4.39 Å². The first-order valence-corrected chi connectivity index (χ1v) is 8.22. The van der Waals surface area contributed by atoms with Crippen LogP contribution < -0.4 is 10.5 Å². The number of carbonyl (C=O) groups is 1. The van der Waals surface area contributed by atoms with Crippen LogP contribution in [0.15, 0.2) is 24.3 Å². The van der Waals surface area contributed by atoms with Crippen molar-refractivity contribution in [3.63, 3.8) is 0 Å². The van der Waals surface area contributed by atoms with Gasteiger partial charge in [0.25, 0.3) is 5.91 Å². The first-order valence-electron chi connectivity index (χ1n) is 8.22. The number of halogens is 2. The van der Waals surface area contributed by atoms with Crippen molar-refractivity contribution in [2.24, 2.45) is 5.73 Å². The number of hydrogen-bond acceptors (Lipinski definition) is 4. The van der Waals surface area contributed by atoms with Gasteiger partial charge in [0.15, 0.2) is 0 Å². The van der Waals surface area contributed by atoms with E-state index in [0.29, 0.717) is 25.4 Å². The third kappa shape index (κ3) is 4.59. The third-order valence-electron chi connectivity index (χ3n) is 4.52. The average Bonchev–Trinajstić information content (AvgIpc) is 3.06. The largest absolute Gasteiger partial charge is 0.490 e. The van der Waals surface area contributed by atoms with Crippen LogP contribution in [0.25, 0.3) is 0 Å². The number of benzene rings is 1. The quantitative estimate of drug-likeness (QED) is 0.895. The zero-order valence-electron chi connectivity index (χ0n) is 13.5. The van der Waals surface area contributed by atoms with Gasteiger partial charge < -0.3 is 20.1 Å². The number of hydrogen-bond donors (Lipinski definition) is 1. The first-order chi connectivity index (χ1) is 11.2. The number of amides is 1. The molecule has 0 saturated carbocycles. The van der Waals surface area contributed by atoms with Gasteiger partial charge in [-0.05, 0) is 37.1 Å². The summed E-state index contributed by atoms with van der Waals surface area (Å²) in [7, 11) is 0. The second-order valence-electron chi connectivity index (χ2n) is 6.16. The summed E-state index contributed by atoms with van der Waals surface area (Å²) in [5, 5.41) is 0. The Kier molecular flexibility index (Phi) is 6.83. The van der Waals surface area contributed by atoms with E-state index in [2.05, 4.69) is 0 Å². The summed E-state index contributed by atoms with van der Waals surface area (Å²) in [6, 6.07) is 6.04. The molecule has 1 aromatic carbocycles. The van der Waals surface area contributed by atoms with Gasteiger partial charge in [-0.1, -0.05) is 0 Å². The van der Waals surface area contributed by atoms with Gasteiger partial charge in [0.1, 0.15) is 23.8 Å². The number of nitrogens with zero attached hydrogens (tertiary/aromatic N) is 1.